The molecule has 3 heteroatoms. The van der Waals surface area contributed by atoms with Gasteiger partial charge in [0.05, 0.1) is 6.61 Å². The van der Waals surface area contributed by atoms with E-state index in [2.05, 4.69) is 0 Å². The van der Waals surface area contributed by atoms with Crippen molar-refractivity contribution < 1.29 is 9.84 Å². The molecule has 0 aromatic carbocycles. The van der Waals surface area contributed by atoms with Crippen molar-refractivity contribution in [2.45, 2.75) is 12.5 Å². The van der Waals surface area contributed by atoms with Crippen LogP contribution in [0.5, 0.6) is 0 Å². The molecular formula is C4H6ClO2. The molecule has 0 amide bonds. The smallest absolute Gasteiger partial charge is 0.213 e. The lowest BCUT2D eigenvalue weighted by Gasteiger charge is -1.98. The third-order valence-electron chi connectivity index (χ3n) is 0.893. The standard InChI is InChI=1S/C4H6ClO2/c5-4-3(6)1-2-7-4/h3,6H,1-2H2. The molecule has 1 N–H and O–H groups in total. The van der Waals surface area contributed by atoms with E-state index in [0.29, 0.717) is 13.0 Å². The summed E-state index contributed by atoms with van der Waals surface area (Å²) in [6.07, 6.45) is 0.111. The Morgan fingerprint density at radius 1 is 1.86 bits per heavy atom. The maximum atomic E-state index is 8.70. The summed E-state index contributed by atoms with van der Waals surface area (Å²) in [6.45, 7) is 0.556. The van der Waals surface area contributed by atoms with Crippen LogP contribution in [0.3, 0.4) is 0 Å². The molecule has 41 valence electrons. The summed E-state index contributed by atoms with van der Waals surface area (Å²) in [7, 11) is 0. The van der Waals surface area contributed by atoms with Crippen molar-refractivity contribution in [2.75, 3.05) is 6.61 Å². The Bertz CT molecular complexity index is 58.7. The van der Waals surface area contributed by atoms with Crippen LogP contribution in [0.2, 0.25) is 0 Å². The van der Waals surface area contributed by atoms with Crippen LogP contribution in [0.1, 0.15) is 6.42 Å². The molecule has 0 aromatic heterocycles. The van der Waals surface area contributed by atoms with Crippen molar-refractivity contribution in [3.05, 3.63) is 5.56 Å². The van der Waals surface area contributed by atoms with Gasteiger partial charge >= 0.3 is 0 Å². The molecule has 1 heterocycles. The first-order valence-corrected chi connectivity index (χ1v) is 2.51. The first-order valence-electron chi connectivity index (χ1n) is 2.14. The van der Waals surface area contributed by atoms with E-state index >= 15 is 0 Å². The van der Waals surface area contributed by atoms with E-state index in [1.165, 1.54) is 0 Å². The quantitative estimate of drug-likeness (QED) is 0.506. The van der Waals surface area contributed by atoms with Gasteiger partial charge in [0.1, 0.15) is 6.10 Å². The molecule has 1 rings (SSSR count). The number of halogens is 1. The molecule has 0 spiro atoms. The van der Waals surface area contributed by atoms with E-state index in [-0.39, 0.29) is 5.56 Å². The van der Waals surface area contributed by atoms with E-state index in [1.54, 1.807) is 0 Å². The van der Waals surface area contributed by atoms with Gasteiger partial charge in [0, 0.05) is 6.42 Å². The van der Waals surface area contributed by atoms with E-state index in [9.17, 15) is 0 Å². The molecule has 0 saturated carbocycles. The van der Waals surface area contributed by atoms with Gasteiger partial charge in [-0.05, 0) is 0 Å². The average Bonchev–Trinajstić information content (AvgIpc) is 1.91. The topological polar surface area (TPSA) is 29.5 Å². The minimum Gasteiger partial charge on any atom is -0.389 e. The fourth-order valence-corrected chi connectivity index (χ4v) is 0.664. The number of hydrogen-bond donors (Lipinski definition) is 1. The summed E-state index contributed by atoms with van der Waals surface area (Å²) in [5.74, 6) is 0. The highest BCUT2D eigenvalue weighted by Gasteiger charge is 2.24. The third-order valence-corrected chi connectivity index (χ3v) is 1.25. The Labute approximate surface area is 47.0 Å². The lowest BCUT2D eigenvalue weighted by atomic mass is 10.3. The monoisotopic (exact) mass is 121 g/mol. The second kappa shape index (κ2) is 1.99. The molecule has 1 aliphatic rings. The highest BCUT2D eigenvalue weighted by atomic mass is 35.5. The molecular weight excluding hydrogens is 115 g/mol. The van der Waals surface area contributed by atoms with Gasteiger partial charge in [0.25, 0.3) is 0 Å². The van der Waals surface area contributed by atoms with Crippen molar-refractivity contribution in [1.29, 1.82) is 0 Å². The van der Waals surface area contributed by atoms with Gasteiger partial charge in [0.2, 0.25) is 5.56 Å². The molecule has 7 heavy (non-hydrogen) atoms. The number of rotatable bonds is 0. The zero-order chi connectivity index (χ0) is 5.28. The van der Waals surface area contributed by atoms with Crippen molar-refractivity contribution in [2.24, 2.45) is 0 Å². The maximum absolute atomic E-state index is 8.70. The number of aliphatic hydroxyl groups excluding tert-OH is 1. The number of aliphatic hydroxyl groups is 1. The fourth-order valence-electron chi connectivity index (χ4n) is 0.478. The van der Waals surface area contributed by atoms with Crippen LogP contribution in [-0.4, -0.2) is 17.8 Å². The van der Waals surface area contributed by atoms with Crippen molar-refractivity contribution in [1.82, 2.24) is 0 Å². The zero-order valence-electron chi connectivity index (χ0n) is 3.72. The Morgan fingerprint density at radius 2 is 2.57 bits per heavy atom. The van der Waals surface area contributed by atoms with Gasteiger partial charge < -0.3 is 9.84 Å². The van der Waals surface area contributed by atoms with E-state index in [1.807, 2.05) is 0 Å². The maximum Gasteiger partial charge on any atom is 0.213 e. The average molecular weight is 122 g/mol. The Hall–Kier alpha value is 0.210. The molecule has 1 unspecified atom stereocenters. The fraction of sp³-hybridized carbons (Fsp3) is 0.750. The largest absolute Gasteiger partial charge is 0.389 e. The molecule has 0 bridgehead atoms. The molecule has 1 radical (unpaired) electrons. The highest BCUT2D eigenvalue weighted by molar-refractivity contribution is 6.26. The van der Waals surface area contributed by atoms with Crippen LogP contribution < -0.4 is 0 Å². The molecule has 0 aromatic rings. The first-order chi connectivity index (χ1) is 3.30. The van der Waals surface area contributed by atoms with Crippen LogP contribution in [-0.2, 0) is 4.74 Å². The minimum atomic E-state index is -0.526. The zero-order valence-corrected chi connectivity index (χ0v) is 4.48. The second-order valence-electron chi connectivity index (χ2n) is 1.46. The van der Waals surface area contributed by atoms with Gasteiger partial charge in [-0.2, -0.15) is 0 Å². The van der Waals surface area contributed by atoms with Crippen LogP contribution in [0.15, 0.2) is 0 Å². The van der Waals surface area contributed by atoms with E-state index in [0.717, 1.165) is 0 Å². The van der Waals surface area contributed by atoms with Crippen molar-refractivity contribution >= 4 is 11.6 Å². The van der Waals surface area contributed by atoms with Crippen LogP contribution in [0.25, 0.3) is 0 Å². The van der Waals surface area contributed by atoms with Crippen molar-refractivity contribution in [3.63, 3.8) is 0 Å². The first kappa shape index (κ1) is 5.35. The van der Waals surface area contributed by atoms with Gasteiger partial charge in [-0.15, -0.1) is 0 Å². The third kappa shape index (κ3) is 1.06. The summed E-state index contributed by atoms with van der Waals surface area (Å²) >= 11 is 5.31. The van der Waals surface area contributed by atoms with E-state index in [4.69, 9.17) is 21.4 Å². The summed E-state index contributed by atoms with van der Waals surface area (Å²) in [6, 6.07) is 0. The summed E-state index contributed by atoms with van der Waals surface area (Å²) in [4.78, 5) is 0. The lowest BCUT2D eigenvalue weighted by Crippen LogP contribution is -2.04. The predicted molar refractivity (Wildman–Crippen MR) is 25.7 cm³/mol. The molecule has 1 saturated heterocycles. The van der Waals surface area contributed by atoms with Gasteiger partial charge in [0.15, 0.2) is 0 Å². The predicted octanol–water partition coefficient (Wildman–Crippen LogP) is 0.496. The Morgan fingerprint density at radius 3 is 2.71 bits per heavy atom. The summed E-state index contributed by atoms with van der Waals surface area (Å²) in [5.41, 5.74) is 0.236. The summed E-state index contributed by atoms with van der Waals surface area (Å²) < 4.78 is 4.70. The molecule has 1 atom stereocenters. The van der Waals surface area contributed by atoms with Gasteiger partial charge in [-0.3, -0.25) is 0 Å². The second-order valence-corrected chi connectivity index (χ2v) is 1.83. The lowest BCUT2D eigenvalue weighted by molar-refractivity contribution is 0.165. The SMILES string of the molecule is OC1CCO[C]1Cl. The minimum absolute atomic E-state index is 0.236. The number of hydrogen-bond acceptors (Lipinski definition) is 2. The normalized spacial score (nSPS) is 34.3. The molecule has 1 fully saturated rings. The molecule has 2 nitrogen and oxygen atoms in total. The molecule has 1 aliphatic heterocycles. The van der Waals surface area contributed by atoms with Crippen LogP contribution in [0, 0.1) is 5.56 Å². The van der Waals surface area contributed by atoms with Gasteiger partial charge in [-0.1, -0.05) is 11.6 Å². The van der Waals surface area contributed by atoms with E-state index < -0.39 is 6.10 Å². The number of ether oxygens (including phenoxy) is 1. The molecule has 0 aliphatic carbocycles. The van der Waals surface area contributed by atoms with Crippen LogP contribution in [0.4, 0.5) is 0 Å². The highest BCUT2D eigenvalue weighted by Crippen LogP contribution is 2.23. The summed E-state index contributed by atoms with van der Waals surface area (Å²) in [5, 5.41) is 8.70. The Kier molecular flexibility index (Phi) is 1.52. The van der Waals surface area contributed by atoms with Crippen molar-refractivity contribution in [3.8, 4) is 0 Å². The van der Waals surface area contributed by atoms with Gasteiger partial charge in [-0.25, -0.2) is 0 Å². The Balaban J connectivity index is 2.33. The van der Waals surface area contributed by atoms with Crippen LogP contribution >= 0.6 is 11.6 Å².